The van der Waals surface area contributed by atoms with Crippen LogP contribution in [0, 0.1) is 19.7 Å². The van der Waals surface area contributed by atoms with Crippen LogP contribution in [0.5, 0.6) is 0 Å². The second-order valence-corrected chi connectivity index (χ2v) is 6.97. The highest BCUT2D eigenvalue weighted by Gasteiger charge is 2.20. The first-order chi connectivity index (χ1) is 14.0. The van der Waals surface area contributed by atoms with Gasteiger partial charge in [-0.2, -0.15) is 5.10 Å². The monoisotopic (exact) mass is 385 g/mol. The molecule has 0 radical (unpaired) electrons. The van der Waals surface area contributed by atoms with Gasteiger partial charge in [-0.1, -0.05) is 54.1 Å². The quantitative estimate of drug-likeness (QED) is 0.501. The number of carbonyl (C=O) groups excluding carboxylic acids is 1. The van der Waals surface area contributed by atoms with Crippen LogP contribution < -0.4 is 5.32 Å². The average molecular weight is 385 g/mol. The fraction of sp³-hybridized carbons (Fsp3) is 0.0833. The smallest absolute Gasteiger partial charge is 0.259 e. The van der Waals surface area contributed by atoms with E-state index in [0.717, 1.165) is 22.4 Å². The zero-order valence-electron chi connectivity index (χ0n) is 16.2. The van der Waals surface area contributed by atoms with E-state index in [2.05, 4.69) is 10.4 Å². The molecule has 0 saturated heterocycles. The molecule has 5 heteroatoms. The molecule has 0 unspecified atom stereocenters. The molecule has 4 rings (SSSR count). The maximum atomic E-state index is 14.1. The summed E-state index contributed by atoms with van der Waals surface area (Å²) in [5, 5.41) is 7.33. The number of benzene rings is 3. The van der Waals surface area contributed by atoms with Gasteiger partial charge in [-0.15, -0.1) is 0 Å². The predicted molar refractivity (Wildman–Crippen MR) is 113 cm³/mol. The minimum Gasteiger partial charge on any atom is -0.319 e. The third-order valence-electron chi connectivity index (χ3n) is 4.67. The van der Waals surface area contributed by atoms with Gasteiger partial charge in [-0.25, -0.2) is 9.07 Å². The van der Waals surface area contributed by atoms with Crippen molar-refractivity contribution in [3.8, 4) is 16.9 Å². The number of hydrogen-bond donors (Lipinski definition) is 1. The summed E-state index contributed by atoms with van der Waals surface area (Å²) in [5.41, 5.74) is 4.70. The van der Waals surface area contributed by atoms with Gasteiger partial charge in [0.05, 0.1) is 16.9 Å². The van der Waals surface area contributed by atoms with Gasteiger partial charge in [0, 0.05) is 11.8 Å². The first-order valence-corrected chi connectivity index (χ1v) is 9.31. The van der Waals surface area contributed by atoms with Crippen LogP contribution in [-0.2, 0) is 0 Å². The summed E-state index contributed by atoms with van der Waals surface area (Å²) in [6.45, 7) is 3.85. The highest BCUT2D eigenvalue weighted by atomic mass is 19.1. The van der Waals surface area contributed by atoms with E-state index in [0.29, 0.717) is 11.3 Å². The molecule has 0 fully saturated rings. The Labute approximate surface area is 168 Å². The maximum absolute atomic E-state index is 14.1. The molecule has 0 saturated carbocycles. The molecule has 1 aromatic heterocycles. The summed E-state index contributed by atoms with van der Waals surface area (Å²) in [6.07, 6.45) is 1.67. The van der Waals surface area contributed by atoms with Crippen LogP contribution in [0.25, 0.3) is 16.9 Å². The summed E-state index contributed by atoms with van der Waals surface area (Å²) in [5.74, 6) is -0.886. The van der Waals surface area contributed by atoms with Gasteiger partial charge in [0.25, 0.3) is 5.91 Å². The number of aryl methyl sites for hydroxylation is 2. The average Bonchev–Trinajstić information content (AvgIpc) is 3.17. The molecule has 3 aromatic carbocycles. The molecule has 0 aliphatic heterocycles. The summed E-state index contributed by atoms with van der Waals surface area (Å²) in [7, 11) is 0. The Morgan fingerprint density at radius 2 is 1.62 bits per heavy atom. The van der Waals surface area contributed by atoms with E-state index in [-0.39, 0.29) is 5.69 Å². The van der Waals surface area contributed by atoms with Crippen molar-refractivity contribution in [1.29, 1.82) is 0 Å². The number of nitrogens with one attached hydrogen (secondary N) is 1. The number of anilines is 1. The Morgan fingerprint density at radius 1 is 0.931 bits per heavy atom. The maximum Gasteiger partial charge on any atom is 0.259 e. The fourth-order valence-corrected chi connectivity index (χ4v) is 3.10. The zero-order valence-corrected chi connectivity index (χ0v) is 16.2. The lowest BCUT2D eigenvalue weighted by atomic mass is 10.1. The molecule has 4 aromatic rings. The van der Waals surface area contributed by atoms with Crippen LogP contribution in [0.2, 0.25) is 0 Å². The van der Waals surface area contributed by atoms with Gasteiger partial charge in [-0.3, -0.25) is 4.79 Å². The molecule has 1 N–H and O–H groups in total. The van der Waals surface area contributed by atoms with Gasteiger partial charge in [-0.05, 0) is 43.7 Å². The van der Waals surface area contributed by atoms with Crippen molar-refractivity contribution in [2.24, 2.45) is 0 Å². The van der Waals surface area contributed by atoms with E-state index in [1.54, 1.807) is 23.0 Å². The standard InChI is InChI=1S/C24H20FN3O/c1-16-8-11-18(12-9-16)23-20(15-28(27-23)19-6-4-3-5-7-19)24(29)26-22-14-17(2)10-13-21(22)25/h3-15H,1-2H3,(H,26,29). The van der Waals surface area contributed by atoms with Crippen LogP contribution in [0.3, 0.4) is 0 Å². The molecule has 1 amide bonds. The second-order valence-electron chi connectivity index (χ2n) is 6.97. The SMILES string of the molecule is Cc1ccc(-c2nn(-c3ccccc3)cc2C(=O)Nc2cc(C)ccc2F)cc1. The normalized spacial score (nSPS) is 10.7. The molecule has 0 bridgehead atoms. The summed E-state index contributed by atoms with van der Waals surface area (Å²) in [4.78, 5) is 13.1. The molecule has 144 valence electrons. The van der Waals surface area contributed by atoms with Crippen molar-refractivity contribution in [1.82, 2.24) is 9.78 Å². The van der Waals surface area contributed by atoms with Crippen molar-refractivity contribution in [3.63, 3.8) is 0 Å². The third-order valence-corrected chi connectivity index (χ3v) is 4.67. The van der Waals surface area contributed by atoms with Gasteiger partial charge in [0.1, 0.15) is 11.5 Å². The van der Waals surface area contributed by atoms with Crippen LogP contribution in [-0.4, -0.2) is 15.7 Å². The first kappa shape index (κ1) is 18.6. The predicted octanol–water partition coefficient (Wildman–Crippen LogP) is 5.55. The Morgan fingerprint density at radius 3 is 2.34 bits per heavy atom. The highest BCUT2D eigenvalue weighted by molar-refractivity contribution is 6.08. The lowest BCUT2D eigenvalue weighted by Gasteiger charge is -2.07. The number of amides is 1. The van der Waals surface area contributed by atoms with Gasteiger partial charge in [0.2, 0.25) is 0 Å². The third kappa shape index (κ3) is 3.94. The van der Waals surface area contributed by atoms with E-state index in [1.807, 2.05) is 68.4 Å². The van der Waals surface area contributed by atoms with Crippen LogP contribution in [0.1, 0.15) is 21.5 Å². The van der Waals surface area contributed by atoms with Gasteiger partial charge >= 0.3 is 0 Å². The van der Waals surface area contributed by atoms with Crippen molar-refractivity contribution < 1.29 is 9.18 Å². The van der Waals surface area contributed by atoms with Crippen molar-refractivity contribution in [2.75, 3.05) is 5.32 Å². The molecule has 29 heavy (non-hydrogen) atoms. The van der Waals surface area contributed by atoms with E-state index in [9.17, 15) is 9.18 Å². The van der Waals surface area contributed by atoms with Crippen LogP contribution in [0.15, 0.2) is 79.0 Å². The summed E-state index contributed by atoms with van der Waals surface area (Å²) >= 11 is 0. The Bertz CT molecular complexity index is 1160. The second kappa shape index (κ2) is 7.72. The lowest BCUT2D eigenvalue weighted by molar-refractivity contribution is 0.102. The first-order valence-electron chi connectivity index (χ1n) is 9.31. The van der Waals surface area contributed by atoms with Crippen molar-refractivity contribution in [3.05, 3.63) is 102 Å². The van der Waals surface area contributed by atoms with Crippen molar-refractivity contribution in [2.45, 2.75) is 13.8 Å². The molecule has 0 aliphatic rings. The zero-order chi connectivity index (χ0) is 20.4. The van der Waals surface area contributed by atoms with E-state index >= 15 is 0 Å². The molecule has 1 heterocycles. The number of carbonyl (C=O) groups is 1. The molecule has 0 atom stereocenters. The Hall–Kier alpha value is -3.73. The van der Waals surface area contributed by atoms with E-state index in [1.165, 1.54) is 6.07 Å². The molecular formula is C24H20FN3O. The van der Waals surface area contributed by atoms with Crippen molar-refractivity contribution >= 4 is 11.6 Å². The van der Waals surface area contributed by atoms with E-state index < -0.39 is 11.7 Å². The molecular weight excluding hydrogens is 365 g/mol. The lowest BCUT2D eigenvalue weighted by Crippen LogP contribution is -2.13. The number of aromatic nitrogens is 2. The Kier molecular flexibility index (Phi) is 4.96. The topological polar surface area (TPSA) is 46.9 Å². The van der Waals surface area contributed by atoms with Crippen LogP contribution in [0.4, 0.5) is 10.1 Å². The van der Waals surface area contributed by atoms with Crippen LogP contribution >= 0.6 is 0 Å². The van der Waals surface area contributed by atoms with E-state index in [4.69, 9.17) is 0 Å². The number of para-hydroxylation sites is 1. The number of hydrogen-bond acceptors (Lipinski definition) is 2. The number of halogens is 1. The minimum absolute atomic E-state index is 0.150. The highest BCUT2D eigenvalue weighted by Crippen LogP contribution is 2.26. The number of nitrogens with zero attached hydrogens (tertiary/aromatic N) is 2. The summed E-state index contributed by atoms with van der Waals surface area (Å²) in [6, 6.07) is 22.0. The minimum atomic E-state index is -0.476. The Balaban J connectivity index is 1.78. The fourth-order valence-electron chi connectivity index (χ4n) is 3.10. The van der Waals surface area contributed by atoms with Gasteiger partial charge in [0.15, 0.2) is 0 Å². The molecule has 0 spiro atoms. The number of rotatable bonds is 4. The van der Waals surface area contributed by atoms with Gasteiger partial charge < -0.3 is 5.32 Å². The molecule has 0 aliphatic carbocycles. The summed E-state index contributed by atoms with van der Waals surface area (Å²) < 4.78 is 15.8. The molecule has 4 nitrogen and oxygen atoms in total. The largest absolute Gasteiger partial charge is 0.319 e.